The second kappa shape index (κ2) is 7.18. The van der Waals surface area contributed by atoms with E-state index in [4.69, 9.17) is 4.52 Å². The van der Waals surface area contributed by atoms with Gasteiger partial charge >= 0.3 is 0 Å². The number of nitrogens with one attached hydrogen (secondary N) is 1. The Kier molecular flexibility index (Phi) is 5.54. The number of piperazine rings is 1. The minimum atomic E-state index is 0.595. The summed E-state index contributed by atoms with van der Waals surface area (Å²) < 4.78 is 5.11. The van der Waals surface area contributed by atoms with Gasteiger partial charge < -0.3 is 9.84 Å². The Morgan fingerprint density at radius 1 is 1.45 bits per heavy atom. The first-order valence-corrected chi connectivity index (χ1v) is 7.84. The minimum Gasteiger partial charge on any atom is -0.340 e. The van der Waals surface area contributed by atoms with Gasteiger partial charge in [0.15, 0.2) is 6.33 Å². The predicted octanol–water partition coefficient (Wildman–Crippen LogP) is 1.96. The quantitative estimate of drug-likeness (QED) is 0.863. The van der Waals surface area contributed by atoms with E-state index in [1.165, 1.54) is 12.7 Å². The van der Waals surface area contributed by atoms with Crippen molar-refractivity contribution in [1.29, 1.82) is 0 Å². The Morgan fingerprint density at radius 2 is 2.25 bits per heavy atom. The Hall–Kier alpha value is -0.940. The van der Waals surface area contributed by atoms with Crippen LogP contribution in [-0.2, 0) is 6.42 Å². The molecule has 2 rings (SSSR count). The number of hydrogen-bond donors (Lipinski definition) is 1. The van der Waals surface area contributed by atoms with Gasteiger partial charge in [-0.05, 0) is 11.8 Å². The van der Waals surface area contributed by atoms with Crippen molar-refractivity contribution in [2.45, 2.75) is 52.6 Å². The molecule has 1 fully saturated rings. The van der Waals surface area contributed by atoms with Crippen LogP contribution in [0, 0.1) is 11.8 Å². The summed E-state index contributed by atoms with van der Waals surface area (Å²) in [6.07, 6.45) is 3.55. The lowest BCUT2D eigenvalue weighted by Crippen LogP contribution is -2.60. The third-order valence-corrected chi connectivity index (χ3v) is 4.61. The van der Waals surface area contributed by atoms with Gasteiger partial charge in [0.2, 0.25) is 5.89 Å². The molecule has 0 aliphatic carbocycles. The summed E-state index contributed by atoms with van der Waals surface area (Å²) in [6, 6.07) is 1.19. The Balaban J connectivity index is 1.95. The van der Waals surface area contributed by atoms with Gasteiger partial charge in [0.05, 0.1) is 0 Å². The van der Waals surface area contributed by atoms with Crippen LogP contribution in [0.1, 0.15) is 40.0 Å². The van der Waals surface area contributed by atoms with Crippen LogP contribution < -0.4 is 5.32 Å². The maximum atomic E-state index is 5.11. The molecule has 2 heterocycles. The highest BCUT2D eigenvalue weighted by molar-refractivity contribution is 4.91. The molecule has 1 aromatic heterocycles. The molecule has 5 nitrogen and oxygen atoms in total. The molecule has 1 aromatic rings. The van der Waals surface area contributed by atoms with Crippen molar-refractivity contribution in [3.63, 3.8) is 0 Å². The molecule has 0 spiro atoms. The van der Waals surface area contributed by atoms with Crippen molar-refractivity contribution in [2.24, 2.45) is 11.8 Å². The Morgan fingerprint density at radius 3 is 2.85 bits per heavy atom. The number of rotatable bonds is 6. The van der Waals surface area contributed by atoms with E-state index in [0.29, 0.717) is 23.9 Å². The molecule has 1 aliphatic rings. The van der Waals surface area contributed by atoms with Crippen molar-refractivity contribution < 1.29 is 4.52 Å². The fourth-order valence-electron chi connectivity index (χ4n) is 2.98. The van der Waals surface area contributed by atoms with Crippen molar-refractivity contribution in [2.75, 3.05) is 19.6 Å². The SMILES string of the molecule is CCC(C)C1CN(CCc2ncno2)C(C(C)C)CN1. The average molecular weight is 280 g/mol. The first kappa shape index (κ1) is 15.4. The van der Waals surface area contributed by atoms with Crippen molar-refractivity contribution in [3.05, 3.63) is 12.2 Å². The summed E-state index contributed by atoms with van der Waals surface area (Å²) in [6.45, 7) is 12.4. The summed E-state index contributed by atoms with van der Waals surface area (Å²) in [5, 5.41) is 7.41. The second-order valence-electron chi connectivity index (χ2n) is 6.29. The zero-order chi connectivity index (χ0) is 14.5. The fraction of sp³-hybridized carbons (Fsp3) is 0.867. The number of nitrogens with zero attached hydrogens (tertiary/aromatic N) is 3. The van der Waals surface area contributed by atoms with Crippen LogP contribution in [0.25, 0.3) is 0 Å². The van der Waals surface area contributed by atoms with E-state index >= 15 is 0 Å². The lowest BCUT2D eigenvalue weighted by atomic mass is 9.92. The first-order chi connectivity index (χ1) is 9.61. The molecule has 0 radical (unpaired) electrons. The molecule has 5 heteroatoms. The maximum Gasteiger partial charge on any atom is 0.227 e. The van der Waals surface area contributed by atoms with Gasteiger partial charge in [-0.2, -0.15) is 4.98 Å². The summed E-state index contributed by atoms with van der Waals surface area (Å²) >= 11 is 0. The van der Waals surface area contributed by atoms with Crippen LogP contribution in [0.5, 0.6) is 0 Å². The van der Waals surface area contributed by atoms with E-state index in [9.17, 15) is 0 Å². The van der Waals surface area contributed by atoms with Gasteiger partial charge in [0.25, 0.3) is 0 Å². The molecule has 20 heavy (non-hydrogen) atoms. The van der Waals surface area contributed by atoms with Crippen LogP contribution in [0.2, 0.25) is 0 Å². The van der Waals surface area contributed by atoms with Crippen LogP contribution in [-0.4, -0.2) is 46.8 Å². The summed E-state index contributed by atoms with van der Waals surface area (Å²) in [5.74, 6) is 2.11. The highest BCUT2D eigenvalue weighted by atomic mass is 16.5. The fourth-order valence-corrected chi connectivity index (χ4v) is 2.98. The topological polar surface area (TPSA) is 54.2 Å². The zero-order valence-corrected chi connectivity index (χ0v) is 13.2. The largest absolute Gasteiger partial charge is 0.340 e. The molecule has 3 atom stereocenters. The van der Waals surface area contributed by atoms with Crippen molar-refractivity contribution in [3.8, 4) is 0 Å². The molecule has 1 saturated heterocycles. The number of aromatic nitrogens is 2. The molecule has 0 bridgehead atoms. The van der Waals surface area contributed by atoms with Crippen molar-refractivity contribution >= 4 is 0 Å². The zero-order valence-electron chi connectivity index (χ0n) is 13.2. The van der Waals surface area contributed by atoms with E-state index in [0.717, 1.165) is 31.9 Å². The lowest BCUT2D eigenvalue weighted by Gasteiger charge is -2.44. The molecular formula is C15H28N4O. The standard InChI is InChI=1S/C15H28N4O/c1-5-12(4)13-9-19(14(8-16-13)11(2)3)7-6-15-17-10-18-20-15/h10-14,16H,5-9H2,1-4H3. The van der Waals surface area contributed by atoms with Gasteiger partial charge in [-0.1, -0.05) is 39.3 Å². The summed E-state index contributed by atoms with van der Waals surface area (Å²) in [7, 11) is 0. The van der Waals surface area contributed by atoms with E-state index in [1.807, 2.05) is 0 Å². The third-order valence-electron chi connectivity index (χ3n) is 4.61. The minimum absolute atomic E-state index is 0.595. The summed E-state index contributed by atoms with van der Waals surface area (Å²) in [5.41, 5.74) is 0. The van der Waals surface area contributed by atoms with E-state index in [-0.39, 0.29) is 0 Å². The average Bonchev–Trinajstić information content (AvgIpc) is 2.97. The second-order valence-corrected chi connectivity index (χ2v) is 6.29. The predicted molar refractivity (Wildman–Crippen MR) is 79.4 cm³/mol. The van der Waals surface area contributed by atoms with E-state index in [2.05, 4.69) is 48.1 Å². The molecule has 114 valence electrons. The normalized spacial score (nSPS) is 26.1. The van der Waals surface area contributed by atoms with Crippen LogP contribution in [0.3, 0.4) is 0 Å². The van der Waals surface area contributed by atoms with Gasteiger partial charge in [-0.25, -0.2) is 0 Å². The van der Waals surface area contributed by atoms with Crippen molar-refractivity contribution in [1.82, 2.24) is 20.4 Å². The van der Waals surface area contributed by atoms with Crippen LogP contribution >= 0.6 is 0 Å². The maximum absolute atomic E-state index is 5.11. The molecular weight excluding hydrogens is 252 g/mol. The van der Waals surface area contributed by atoms with Gasteiger partial charge in [0, 0.05) is 38.1 Å². The van der Waals surface area contributed by atoms with Crippen LogP contribution in [0.4, 0.5) is 0 Å². The van der Waals surface area contributed by atoms with Gasteiger partial charge in [-0.15, -0.1) is 0 Å². The van der Waals surface area contributed by atoms with Gasteiger partial charge in [0.1, 0.15) is 0 Å². The molecule has 0 amide bonds. The first-order valence-electron chi connectivity index (χ1n) is 7.84. The van der Waals surface area contributed by atoms with Gasteiger partial charge in [-0.3, -0.25) is 4.90 Å². The van der Waals surface area contributed by atoms with E-state index < -0.39 is 0 Å². The molecule has 3 unspecified atom stereocenters. The van der Waals surface area contributed by atoms with Crippen LogP contribution in [0.15, 0.2) is 10.9 Å². The van der Waals surface area contributed by atoms with E-state index in [1.54, 1.807) is 0 Å². The lowest BCUT2D eigenvalue weighted by molar-refractivity contribution is 0.0810. The molecule has 1 aliphatic heterocycles. The highest BCUT2D eigenvalue weighted by Gasteiger charge is 2.31. The Labute approximate surface area is 122 Å². The molecule has 0 saturated carbocycles. The number of hydrogen-bond acceptors (Lipinski definition) is 5. The molecule has 1 N–H and O–H groups in total. The molecule has 0 aromatic carbocycles. The monoisotopic (exact) mass is 280 g/mol. The summed E-state index contributed by atoms with van der Waals surface area (Å²) in [4.78, 5) is 6.72. The highest BCUT2D eigenvalue weighted by Crippen LogP contribution is 2.20. The smallest absolute Gasteiger partial charge is 0.227 e. The third kappa shape index (κ3) is 3.79. The Bertz CT molecular complexity index is 379.